The lowest BCUT2D eigenvalue weighted by atomic mass is 10.1. The Kier molecular flexibility index (Phi) is 13.4. The maximum atomic E-state index is 11.7. The molecule has 0 saturated heterocycles. The summed E-state index contributed by atoms with van der Waals surface area (Å²) < 4.78 is 10.9. The molecule has 120 valence electrons. The average molecular weight is 303 g/mol. The minimum Gasteiger partial charge on any atom is -0.466 e. The van der Waals surface area contributed by atoms with Crippen LogP contribution in [0.1, 0.15) is 79.1 Å². The van der Waals surface area contributed by atoms with Crippen molar-refractivity contribution in [2.75, 3.05) is 6.61 Å². The number of carbonyl (C=O) groups excluding carboxylic acids is 1. The highest BCUT2D eigenvalue weighted by Gasteiger charge is 2.15. The summed E-state index contributed by atoms with van der Waals surface area (Å²) in [4.78, 5) is 11.7. The van der Waals surface area contributed by atoms with E-state index in [1.165, 1.54) is 44.9 Å². The smallest absolute Gasteiger partial charge is 0.307 e. The van der Waals surface area contributed by atoms with Crippen LogP contribution < -0.4 is 0 Å². The van der Waals surface area contributed by atoms with Crippen molar-refractivity contribution in [2.45, 2.75) is 90.7 Å². The Balaban J connectivity index is 3.34. The summed E-state index contributed by atoms with van der Waals surface area (Å²) in [5.74, 6) is -0.0692. The largest absolute Gasteiger partial charge is 0.466 e. The maximum absolute atomic E-state index is 11.7. The van der Waals surface area contributed by atoms with Crippen molar-refractivity contribution in [3.8, 4) is 0 Å². The molecule has 20 heavy (non-hydrogen) atoms. The second-order valence-corrected chi connectivity index (χ2v) is 7.82. The molecule has 0 saturated carbocycles. The van der Waals surface area contributed by atoms with Crippen molar-refractivity contribution in [1.82, 2.24) is 0 Å². The standard InChI is InChI=1S/C16H34O3Si/c1-5-6-7-8-9-10-11-12-13-18-16(17)15(4)20-19-14(2)3/h14-15H,5-13,20H2,1-4H3. The molecular formula is C16H34O3Si. The average Bonchev–Trinajstić information content (AvgIpc) is 2.42. The first-order valence-corrected chi connectivity index (χ1v) is 9.75. The van der Waals surface area contributed by atoms with Crippen LogP contribution in [0.3, 0.4) is 0 Å². The Labute approximate surface area is 127 Å². The molecule has 1 unspecified atom stereocenters. The molecule has 0 heterocycles. The topological polar surface area (TPSA) is 35.5 Å². The van der Waals surface area contributed by atoms with Crippen LogP contribution in [0.5, 0.6) is 0 Å². The fourth-order valence-electron chi connectivity index (χ4n) is 1.96. The van der Waals surface area contributed by atoms with Gasteiger partial charge in [-0.15, -0.1) is 0 Å². The van der Waals surface area contributed by atoms with E-state index in [9.17, 15) is 4.79 Å². The molecule has 4 heteroatoms. The van der Waals surface area contributed by atoms with E-state index in [2.05, 4.69) is 6.92 Å². The predicted octanol–water partition coefficient (Wildman–Crippen LogP) is 3.99. The molecule has 0 aromatic carbocycles. The SMILES string of the molecule is CCCCCCCCCCOC(=O)C(C)[SiH2]OC(C)C. The van der Waals surface area contributed by atoms with Gasteiger partial charge in [-0.2, -0.15) is 0 Å². The molecule has 0 aliphatic carbocycles. The third-order valence-corrected chi connectivity index (χ3v) is 5.02. The van der Waals surface area contributed by atoms with Gasteiger partial charge in [0.1, 0.15) is 0 Å². The van der Waals surface area contributed by atoms with E-state index in [1.54, 1.807) is 0 Å². The molecule has 0 aliphatic rings. The van der Waals surface area contributed by atoms with Gasteiger partial charge in [-0.1, -0.05) is 58.8 Å². The van der Waals surface area contributed by atoms with E-state index < -0.39 is 9.76 Å². The number of ether oxygens (including phenoxy) is 1. The third kappa shape index (κ3) is 12.7. The minimum atomic E-state index is -0.790. The Hall–Kier alpha value is -0.353. The lowest BCUT2D eigenvalue weighted by Crippen LogP contribution is -2.20. The number of hydrogen-bond acceptors (Lipinski definition) is 3. The van der Waals surface area contributed by atoms with Crippen molar-refractivity contribution >= 4 is 15.7 Å². The first-order chi connectivity index (χ1) is 9.57. The van der Waals surface area contributed by atoms with Crippen molar-refractivity contribution in [1.29, 1.82) is 0 Å². The summed E-state index contributed by atoms with van der Waals surface area (Å²) in [7, 11) is -0.790. The highest BCUT2D eigenvalue weighted by atomic mass is 28.2. The zero-order valence-corrected chi connectivity index (χ0v) is 15.4. The molecular weight excluding hydrogens is 268 g/mol. The van der Waals surface area contributed by atoms with Crippen molar-refractivity contribution in [2.24, 2.45) is 0 Å². The van der Waals surface area contributed by atoms with Crippen LogP contribution in [-0.2, 0) is 14.0 Å². The van der Waals surface area contributed by atoms with Gasteiger partial charge in [0.2, 0.25) is 0 Å². The van der Waals surface area contributed by atoms with E-state index in [0.717, 1.165) is 6.42 Å². The Bertz CT molecular complexity index is 232. The first-order valence-electron chi connectivity index (χ1n) is 8.36. The molecule has 0 aliphatic heterocycles. The van der Waals surface area contributed by atoms with Gasteiger partial charge in [0.25, 0.3) is 0 Å². The zero-order valence-electron chi connectivity index (χ0n) is 14.0. The highest BCUT2D eigenvalue weighted by Crippen LogP contribution is 2.10. The van der Waals surface area contributed by atoms with Gasteiger partial charge in [0.05, 0.1) is 12.1 Å². The molecule has 0 aromatic rings. The molecule has 0 rings (SSSR count). The molecule has 0 fully saturated rings. The van der Waals surface area contributed by atoms with E-state index in [-0.39, 0.29) is 17.6 Å². The summed E-state index contributed by atoms with van der Waals surface area (Å²) in [6.45, 7) is 8.75. The summed E-state index contributed by atoms with van der Waals surface area (Å²) in [6, 6.07) is 0. The van der Waals surface area contributed by atoms with Crippen molar-refractivity contribution in [3.05, 3.63) is 0 Å². The van der Waals surface area contributed by atoms with Crippen LogP contribution in [0, 0.1) is 0 Å². The summed E-state index contributed by atoms with van der Waals surface area (Å²) in [6.07, 6.45) is 10.4. The van der Waals surface area contributed by atoms with Gasteiger partial charge in [-0.3, -0.25) is 4.79 Å². The Morgan fingerprint density at radius 3 is 2.05 bits per heavy atom. The van der Waals surface area contributed by atoms with Gasteiger partial charge in [0.15, 0.2) is 9.76 Å². The number of unbranched alkanes of at least 4 members (excludes halogenated alkanes) is 7. The Morgan fingerprint density at radius 2 is 1.50 bits per heavy atom. The van der Waals surface area contributed by atoms with Gasteiger partial charge >= 0.3 is 5.97 Å². The lowest BCUT2D eigenvalue weighted by Gasteiger charge is -2.13. The fraction of sp³-hybridized carbons (Fsp3) is 0.938. The molecule has 1 atom stereocenters. The second kappa shape index (κ2) is 13.6. The van der Waals surface area contributed by atoms with Crippen LogP contribution in [-0.4, -0.2) is 28.4 Å². The van der Waals surface area contributed by atoms with Gasteiger partial charge in [-0.05, 0) is 20.3 Å². The van der Waals surface area contributed by atoms with Crippen LogP contribution in [0.25, 0.3) is 0 Å². The molecule has 0 amide bonds. The van der Waals surface area contributed by atoms with E-state index in [0.29, 0.717) is 6.61 Å². The zero-order chi connectivity index (χ0) is 15.2. The second-order valence-electron chi connectivity index (χ2n) is 5.93. The monoisotopic (exact) mass is 302 g/mol. The van der Waals surface area contributed by atoms with E-state index in [4.69, 9.17) is 9.16 Å². The first kappa shape index (κ1) is 19.6. The highest BCUT2D eigenvalue weighted by molar-refractivity contribution is 6.36. The number of carbonyl (C=O) groups is 1. The number of rotatable bonds is 13. The van der Waals surface area contributed by atoms with Crippen LogP contribution in [0.2, 0.25) is 5.54 Å². The number of esters is 1. The van der Waals surface area contributed by atoms with Gasteiger partial charge < -0.3 is 9.16 Å². The van der Waals surface area contributed by atoms with E-state index in [1.807, 2.05) is 20.8 Å². The third-order valence-electron chi connectivity index (χ3n) is 3.32. The summed E-state index contributed by atoms with van der Waals surface area (Å²) in [5.41, 5.74) is -0.0218. The minimum absolute atomic E-state index is 0.0218. The van der Waals surface area contributed by atoms with E-state index >= 15 is 0 Å². The summed E-state index contributed by atoms with van der Waals surface area (Å²) >= 11 is 0. The molecule has 0 spiro atoms. The number of hydrogen-bond donors (Lipinski definition) is 0. The molecule has 0 bridgehead atoms. The predicted molar refractivity (Wildman–Crippen MR) is 87.8 cm³/mol. The lowest BCUT2D eigenvalue weighted by molar-refractivity contribution is -0.143. The Morgan fingerprint density at radius 1 is 0.950 bits per heavy atom. The van der Waals surface area contributed by atoms with Crippen LogP contribution >= 0.6 is 0 Å². The molecule has 3 nitrogen and oxygen atoms in total. The van der Waals surface area contributed by atoms with Gasteiger partial charge in [-0.25, -0.2) is 0 Å². The summed E-state index contributed by atoms with van der Waals surface area (Å²) in [5, 5.41) is 0. The quantitative estimate of drug-likeness (QED) is 0.293. The van der Waals surface area contributed by atoms with Crippen LogP contribution in [0.4, 0.5) is 0 Å². The fourth-order valence-corrected chi connectivity index (χ4v) is 2.88. The van der Waals surface area contributed by atoms with Gasteiger partial charge in [0, 0.05) is 6.10 Å². The maximum Gasteiger partial charge on any atom is 0.307 e. The van der Waals surface area contributed by atoms with Crippen molar-refractivity contribution < 1.29 is 14.0 Å². The van der Waals surface area contributed by atoms with Crippen LogP contribution in [0.15, 0.2) is 0 Å². The molecule has 0 radical (unpaired) electrons. The van der Waals surface area contributed by atoms with Crippen molar-refractivity contribution in [3.63, 3.8) is 0 Å². The molecule has 0 aromatic heterocycles. The normalized spacial score (nSPS) is 13.2. The molecule has 0 N–H and O–H groups in total.